The van der Waals surface area contributed by atoms with Crippen molar-refractivity contribution in [1.82, 2.24) is 0 Å². The quantitative estimate of drug-likeness (QED) is 0.585. The van der Waals surface area contributed by atoms with Gasteiger partial charge >= 0.3 is 0 Å². The van der Waals surface area contributed by atoms with Crippen molar-refractivity contribution in [3.05, 3.63) is 0 Å². The molecule has 1 heteroatoms. The van der Waals surface area contributed by atoms with Gasteiger partial charge in [-0.05, 0) is 37.5 Å². The third kappa shape index (κ3) is 1.66. The van der Waals surface area contributed by atoms with Gasteiger partial charge in [0.1, 0.15) is 0 Å². The Morgan fingerprint density at radius 1 is 1.25 bits per heavy atom. The summed E-state index contributed by atoms with van der Waals surface area (Å²) in [6.45, 7) is 3.34. The Morgan fingerprint density at radius 3 is 3.00 bits per heavy atom. The molecule has 2 aliphatic rings. The minimum atomic E-state index is 0.637. The van der Waals surface area contributed by atoms with Crippen molar-refractivity contribution in [2.75, 3.05) is 6.61 Å². The molecular weight excluding hydrogens is 148 g/mol. The number of ether oxygens (including phenoxy) is 1. The lowest BCUT2D eigenvalue weighted by molar-refractivity contribution is -0.0603. The minimum absolute atomic E-state index is 0.637. The lowest BCUT2D eigenvalue weighted by Gasteiger charge is -2.38. The molecule has 0 aromatic carbocycles. The van der Waals surface area contributed by atoms with Crippen LogP contribution in [0.4, 0.5) is 0 Å². The molecule has 0 bridgehead atoms. The zero-order chi connectivity index (χ0) is 8.39. The summed E-state index contributed by atoms with van der Waals surface area (Å²) >= 11 is 0. The predicted octanol–water partition coefficient (Wildman–Crippen LogP) is 2.99. The van der Waals surface area contributed by atoms with Crippen LogP contribution in [0.3, 0.4) is 0 Å². The molecule has 1 saturated heterocycles. The molecule has 0 N–H and O–H groups in total. The van der Waals surface area contributed by atoms with Crippen LogP contribution < -0.4 is 0 Å². The zero-order valence-electron chi connectivity index (χ0n) is 8.09. The van der Waals surface area contributed by atoms with Crippen LogP contribution in [0.2, 0.25) is 0 Å². The van der Waals surface area contributed by atoms with E-state index in [1.165, 1.54) is 38.5 Å². The van der Waals surface area contributed by atoms with E-state index in [-0.39, 0.29) is 0 Å². The van der Waals surface area contributed by atoms with Crippen molar-refractivity contribution in [1.29, 1.82) is 0 Å². The summed E-state index contributed by atoms with van der Waals surface area (Å²) in [7, 11) is 0. The average Bonchev–Trinajstić information content (AvgIpc) is 2.17. The topological polar surface area (TPSA) is 9.23 Å². The third-order valence-electron chi connectivity index (χ3n) is 3.67. The van der Waals surface area contributed by atoms with Gasteiger partial charge in [-0.3, -0.25) is 0 Å². The van der Waals surface area contributed by atoms with Crippen molar-refractivity contribution in [2.24, 2.45) is 11.8 Å². The molecule has 0 amide bonds. The van der Waals surface area contributed by atoms with Crippen LogP contribution in [0, 0.1) is 11.8 Å². The standard InChI is InChI=1S/C11H20O/c1-2-9-5-6-10-4-3-7-12-11(10)8-9/h9-11H,2-8H2,1H3. The Morgan fingerprint density at radius 2 is 2.17 bits per heavy atom. The van der Waals surface area contributed by atoms with E-state index < -0.39 is 0 Å². The molecule has 2 fully saturated rings. The molecular formula is C11H20O. The highest BCUT2D eigenvalue weighted by Crippen LogP contribution is 2.37. The monoisotopic (exact) mass is 168 g/mol. The van der Waals surface area contributed by atoms with E-state index in [4.69, 9.17) is 4.74 Å². The van der Waals surface area contributed by atoms with Crippen LogP contribution in [0.15, 0.2) is 0 Å². The van der Waals surface area contributed by atoms with Crippen molar-refractivity contribution in [3.63, 3.8) is 0 Å². The van der Waals surface area contributed by atoms with Gasteiger partial charge in [-0.2, -0.15) is 0 Å². The maximum Gasteiger partial charge on any atom is 0.0605 e. The first-order valence-corrected chi connectivity index (χ1v) is 5.51. The molecule has 0 aromatic heterocycles. The van der Waals surface area contributed by atoms with E-state index in [0.29, 0.717) is 6.10 Å². The third-order valence-corrected chi connectivity index (χ3v) is 3.67. The second-order valence-electron chi connectivity index (χ2n) is 4.40. The molecule has 3 atom stereocenters. The number of hydrogen-bond donors (Lipinski definition) is 0. The highest BCUT2D eigenvalue weighted by Gasteiger charge is 2.32. The fourth-order valence-corrected chi connectivity index (χ4v) is 2.76. The fraction of sp³-hybridized carbons (Fsp3) is 1.00. The molecule has 0 spiro atoms. The van der Waals surface area contributed by atoms with Gasteiger partial charge in [-0.15, -0.1) is 0 Å². The Labute approximate surface area is 75.5 Å². The van der Waals surface area contributed by atoms with E-state index in [1.807, 2.05) is 0 Å². The summed E-state index contributed by atoms with van der Waals surface area (Å²) in [5.41, 5.74) is 0. The summed E-state index contributed by atoms with van der Waals surface area (Å²) in [5.74, 6) is 1.88. The molecule has 70 valence electrons. The predicted molar refractivity (Wildman–Crippen MR) is 50.1 cm³/mol. The van der Waals surface area contributed by atoms with Crippen LogP contribution in [0.25, 0.3) is 0 Å². The van der Waals surface area contributed by atoms with Gasteiger partial charge in [0.05, 0.1) is 6.10 Å². The summed E-state index contributed by atoms with van der Waals surface area (Å²) in [6.07, 6.45) is 8.97. The molecule has 1 aliphatic heterocycles. The molecule has 12 heavy (non-hydrogen) atoms. The molecule has 1 heterocycles. The molecule has 0 aromatic rings. The maximum absolute atomic E-state index is 5.81. The summed E-state index contributed by atoms with van der Waals surface area (Å²) < 4.78 is 5.81. The van der Waals surface area contributed by atoms with Gasteiger partial charge in [0, 0.05) is 6.61 Å². The van der Waals surface area contributed by atoms with Crippen molar-refractivity contribution >= 4 is 0 Å². The average molecular weight is 168 g/mol. The summed E-state index contributed by atoms with van der Waals surface area (Å²) in [4.78, 5) is 0. The maximum atomic E-state index is 5.81. The van der Waals surface area contributed by atoms with Gasteiger partial charge in [0.15, 0.2) is 0 Å². The largest absolute Gasteiger partial charge is 0.378 e. The Bertz CT molecular complexity index is 144. The van der Waals surface area contributed by atoms with Crippen LogP contribution >= 0.6 is 0 Å². The Balaban J connectivity index is 1.90. The molecule has 1 nitrogen and oxygen atoms in total. The van der Waals surface area contributed by atoms with Gasteiger partial charge in [-0.1, -0.05) is 19.8 Å². The highest BCUT2D eigenvalue weighted by atomic mass is 16.5. The second-order valence-corrected chi connectivity index (χ2v) is 4.40. The van der Waals surface area contributed by atoms with E-state index in [0.717, 1.165) is 18.4 Å². The minimum Gasteiger partial charge on any atom is -0.378 e. The zero-order valence-corrected chi connectivity index (χ0v) is 8.09. The van der Waals surface area contributed by atoms with Crippen molar-refractivity contribution in [3.8, 4) is 0 Å². The molecule has 2 rings (SSSR count). The van der Waals surface area contributed by atoms with E-state index in [1.54, 1.807) is 0 Å². The first-order valence-electron chi connectivity index (χ1n) is 5.51. The van der Waals surface area contributed by atoms with E-state index >= 15 is 0 Å². The SMILES string of the molecule is CCC1CCC2CCCOC2C1. The number of rotatable bonds is 1. The fourth-order valence-electron chi connectivity index (χ4n) is 2.76. The second kappa shape index (κ2) is 3.78. The normalized spacial score (nSPS) is 42.2. The van der Waals surface area contributed by atoms with Gasteiger partial charge in [0.25, 0.3) is 0 Å². The lowest BCUT2D eigenvalue weighted by Crippen LogP contribution is -2.35. The van der Waals surface area contributed by atoms with E-state index in [2.05, 4.69) is 6.92 Å². The number of hydrogen-bond acceptors (Lipinski definition) is 1. The Kier molecular flexibility index (Phi) is 2.69. The van der Waals surface area contributed by atoms with Crippen LogP contribution in [0.5, 0.6) is 0 Å². The van der Waals surface area contributed by atoms with Gasteiger partial charge in [0.2, 0.25) is 0 Å². The van der Waals surface area contributed by atoms with Crippen LogP contribution in [-0.4, -0.2) is 12.7 Å². The smallest absolute Gasteiger partial charge is 0.0605 e. The van der Waals surface area contributed by atoms with Crippen LogP contribution in [-0.2, 0) is 4.74 Å². The summed E-state index contributed by atoms with van der Waals surface area (Å²) in [5, 5.41) is 0. The molecule has 0 radical (unpaired) electrons. The van der Waals surface area contributed by atoms with Crippen LogP contribution in [0.1, 0.15) is 45.4 Å². The first-order chi connectivity index (χ1) is 5.90. The van der Waals surface area contributed by atoms with E-state index in [9.17, 15) is 0 Å². The van der Waals surface area contributed by atoms with Crippen molar-refractivity contribution < 1.29 is 4.74 Å². The highest BCUT2D eigenvalue weighted by molar-refractivity contribution is 4.82. The summed E-state index contributed by atoms with van der Waals surface area (Å²) in [6, 6.07) is 0. The van der Waals surface area contributed by atoms with Gasteiger partial charge in [-0.25, -0.2) is 0 Å². The van der Waals surface area contributed by atoms with Crippen molar-refractivity contribution in [2.45, 2.75) is 51.6 Å². The first kappa shape index (κ1) is 8.55. The molecule has 1 aliphatic carbocycles. The number of fused-ring (bicyclic) bond motifs is 1. The lowest BCUT2D eigenvalue weighted by atomic mass is 9.76. The van der Waals surface area contributed by atoms with Gasteiger partial charge < -0.3 is 4.74 Å². The molecule has 3 unspecified atom stereocenters. The molecule has 1 saturated carbocycles. The Hall–Kier alpha value is -0.0400.